The molecule has 0 unspecified atom stereocenters. The third kappa shape index (κ3) is 5.15. The van der Waals surface area contributed by atoms with Crippen molar-refractivity contribution < 1.29 is 19.3 Å². The Bertz CT molecular complexity index is 1220. The number of nitrogens with one attached hydrogen (secondary N) is 2. The summed E-state index contributed by atoms with van der Waals surface area (Å²) in [4.78, 5) is 42.8. The van der Waals surface area contributed by atoms with E-state index in [-0.39, 0.29) is 43.4 Å². The van der Waals surface area contributed by atoms with Crippen molar-refractivity contribution in [2.24, 2.45) is 0 Å². The van der Waals surface area contributed by atoms with Crippen LogP contribution in [0.15, 0.2) is 47.1 Å². The van der Waals surface area contributed by atoms with Gasteiger partial charge in [-0.1, -0.05) is 46.4 Å². The van der Waals surface area contributed by atoms with E-state index < -0.39 is 11.8 Å². The number of piperidine rings is 1. The standard InChI is InChI=1S/C24H22Cl4N4O3/c1-30-9-7-15(8-10-30)31(2)22(33)13-3-5-14(6-4-13)29-21-20(28)23(34)32(24(21)35)19-12-17(26)16(25)11-18(19)27/h3-6,11-12,15,29H,7-10H2,1-2H3/p+1. The Morgan fingerprint density at radius 1 is 0.971 bits per heavy atom. The molecule has 11 heteroatoms. The number of hydrogen-bond acceptors (Lipinski definition) is 4. The molecule has 0 saturated carbocycles. The van der Waals surface area contributed by atoms with E-state index >= 15 is 0 Å². The molecule has 0 aliphatic carbocycles. The van der Waals surface area contributed by atoms with Gasteiger partial charge >= 0.3 is 0 Å². The van der Waals surface area contributed by atoms with Gasteiger partial charge in [0, 0.05) is 37.2 Å². The fourth-order valence-corrected chi connectivity index (χ4v) is 5.04. The second kappa shape index (κ2) is 10.4. The lowest BCUT2D eigenvalue weighted by Gasteiger charge is -2.33. The molecule has 3 amide bonds. The van der Waals surface area contributed by atoms with Gasteiger partial charge in [-0.15, -0.1) is 0 Å². The molecule has 35 heavy (non-hydrogen) atoms. The Hall–Kier alpha value is -2.29. The largest absolute Gasteiger partial charge is 0.350 e. The number of amides is 3. The molecule has 4 rings (SSSR count). The molecule has 2 N–H and O–H groups in total. The maximum atomic E-state index is 13.0. The first-order chi connectivity index (χ1) is 16.6. The molecule has 2 heterocycles. The number of carbonyl (C=O) groups excluding carboxylic acids is 3. The summed E-state index contributed by atoms with van der Waals surface area (Å²) in [5.41, 5.74) is 0.986. The minimum absolute atomic E-state index is 0.0640. The van der Waals surface area contributed by atoms with Crippen LogP contribution < -0.4 is 15.1 Å². The number of anilines is 2. The number of benzene rings is 2. The normalized spacial score (nSPS) is 20.5. The van der Waals surface area contributed by atoms with Gasteiger partial charge in [0.05, 0.1) is 40.9 Å². The van der Waals surface area contributed by atoms with Crippen molar-refractivity contribution in [2.75, 3.05) is 37.4 Å². The number of nitrogens with zero attached hydrogens (tertiary/aromatic N) is 2. The van der Waals surface area contributed by atoms with E-state index in [4.69, 9.17) is 46.4 Å². The highest BCUT2D eigenvalue weighted by Gasteiger charge is 2.40. The molecule has 1 saturated heterocycles. The average molecular weight is 557 g/mol. The topological polar surface area (TPSA) is 74.2 Å². The lowest BCUT2D eigenvalue weighted by atomic mass is 10.0. The van der Waals surface area contributed by atoms with Crippen LogP contribution in [0.5, 0.6) is 0 Å². The SMILES string of the molecule is CN(C(=O)c1ccc(NC2=C(Cl)C(=O)N(c3cc(Cl)c(Cl)cc3Cl)C2=O)cc1)C1CC[NH+](C)CC1. The van der Waals surface area contributed by atoms with Gasteiger partial charge in [-0.25, -0.2) is 4.90 Å². The Morgan fingerprint density at radius 3 is 2.20 bits per heavy atom. The van der Waals surface area contributed by atoms with E-state index in [0.29, 0.717) is 11.3 Å². The first-order valence-electron chi connectivity index (χ1n) is 11.0. The molecule has 1 fully saturated rings. The molecule has 0 atom stereocenters. The van der Waals surface area contributed by atoms with E-state index in [1.54, 1.807) is 29.2 Å². The molecule has 0 radical (unpaired) electrons. The van der Waals surface area contributed by atoms with Crippen LogP contribution in [-0.2, 0) is 9.59 Å². The molecular formula is C24H23Cl4N4O3+. The van der Waals surface area contributed by atoms with E-state index in [9.17, 15) is 14.4 Å². The third-order valence-corrected chi connectivity index (χ3v) is 7.71. The van der Waals surface area contributed by atoms with Gasteiger partial charge in [0.2, 0.25) is 0 Å². The zero-order chi connectivity index (χ0) is 25.4. The molecule has 2 aromatic carbocycles. The zero-order valence-electron chi connectivity index (χ0n) is 19.0. The predicted molar refractivity (Wildman–Crippen MR) is 139 cm³/mol. The lowest BCUT2D eigenvalue weighted by molar-refractivity contribution is -0.885. The lowest BCUT2D eigenvalue weighted by Crippen LogP contribution is -3.10. The highest BCUT2D eigenvalue weighted by Crippen LogP contribution is 2.38. The molecule has 0 bridgehead atoms. The first-order valence-corrected chi connectivity index (χ1v) is 12.5. The van der Waals surface area contributed by atoms with Crippen LogP contribution in [0.25, 0.3) is 0 Å². The number of carbonyl (C=O) groups is 3. The Kier molecular flexibility index (Phi) is 7.64. The maximum absolute atomic E-state index is 13.0. The summed E-state index contributed by atoms with van der Waals surface area (Å²) in [6.07, 6.45) is 1.94. The number of hydrogen-bond donors (Lipinski definition) is 2. The molecule has 0 aromatic heterocycles. The number of likely N-dealkylation sites (tertiary alicyclic amines) is 1. The van der Waals surface area contributed by atoms with E-state index in [1.165, 1.54) is 17.0 Å². The van der Waals surface area contributed by atoms with Gasteiger partial charge in [0.1, 0.15) is 10.7 Å². The van der Waals surface area contributed by atoms with Crippen molar-refractivity contribution in [3.63, 3.8) is 0 Å². The van der Waals surface area contributed by atoms with Crippen molar-refractivity contribution >= 4 is 75.5 Å². The summed E-state index contributed by atoms with van der Waals surface area (Å²) in [5, 5.41) is 2.99. The maximum Gasteiger partial charge on any atom is 0.283 e. The summed E-state index contributed by atoms with van der Waals surface area (Å²) in [7, 11) is 3.99. The van der Waals surface area contributed by atoms with Crippen molar-refractivity contribution in [3.8, 4) is 0 Å². The van der Waals surface area contributed by atoms with Crippen molar-refractivity contribution in [1.29, 1.82) is 0 Å². The van der Waals surface area contributed by atoms with Gasteiger partial charge in [0.15, 0.2) is 0 Å². The summed E-state index contributed by atoms with van der Waals surface area (Å²) in [5.74, 6) is -1.50. The number of halogens is 4. The molecule has 0 spiro atoms. The minimum Gasteiger partial charge on any atom is -0.350 e. The predicted octanol–water partition coefficient (Wildman–Crippen LogP) is 3.83. The fraction of sp³-hybridized carbons (Fsp3) is 0.292. The molecule has 7 nitrogen and oxygen atoms in total. The second-order valence-electron chi connectivity index (χ2n) is 8.66. The Morgan fingerprint density at radius 2 is 1.57 bits per heavy atom. The first kappa shape index (κ1) is 25.8. The van der Waals surface area contributed by atoms with Crippen molar-refractivity contribution in [3.05, 3.63) is 67.8 Å². The second-order valence-corrected chi connectivity index (χ2v) is 10.3. The molecule has 2 aliphatic rings. The smallest absolute Gasteiger partial charge is 0.283 e. The van der Waals surface area contributed by atoms with Gasteiger partial charge in [-0.05, 0) is 36.4 Å². The fourth-order valence-electron chi connectivity index (χ4n) is 4.21. The molecule has 2 aromatic rings. The van der Waals surface area contributed by atoms with Gasteiger partial charge < -0.3 is 15.1 Å². The number of rotatable bonds is 5. The van der Waals surface area contributed by atoms with Gasteiger partial charge in [-0.3, -0.25) is 14.4 Å². The Balaban J connectivity index is 1.48. The molecule has 184 valence electrons. The minimum atomic E-state index is -0.743. The highest BCUT2D eigenvalue weighted by atomic mass is 35.5. The van der Waals surface area contributed by atoms with Crippen LogP contribution in [0.2, 0.25) is 15.1 Å². The van der Waals surface area contributed by atoms with Gasteiger partial charge in [0.25, 0.3) is 17.7 Å². The average Bonchev–Trinajstić information content (AvgIpc) is 3.04. The summed E-state index contributed by atoms with van der Waals surface area (Å²) in [6, 6.07) is 9.55. The van der Waals surface area contributed by atoms with Crippen LogP contribution in [0.1, 0.15) is 23.2 Å². The van der Waals surface area contributed by atoms with Crippen LogP contribution >= 0.6 is 46.4 Å². The number of quaternary nitrogens is 1. The summed E-state index contributed by atoms with van der Waals surface area (Å²) in [6.45, 7) is 2.08. The highest BCUT2D eigenvalue weighted by molar-refractivity contribution is 6.54. The summed E-state index contributed by atoms with van der Waals surface area (Å²) >= 11 is 24.4. The quantitative estimate of drug-likeness (QED) is 0.433. The summed E-state index contributed by atoms with van der Waals surface area (Å²) < 4.78 is 0. The van der Waals surface area contributed by atoms with Gasteiger partial charge in [-0.2, -0.15) is 0 Å². The van der Waals surface area contributed by atoms with Crippen LogP contribution in [-0.4, -0.2) is 55.8 Å². The van der Waals surface area contributed by atoms with Crippen molar-refractivity contribution in [2.45, 2.75) is 18.9 Å². The van der Waals surface area contributed by atoms with Crippen LogP contribution in [0, 0.1) is 0 Å². The third-order valence-electron chi connectivity index (χ3n) is 6.34. The van der Waals surface area contributed by atoms with E-state index in [1.807, 2.05) is 7.05 Å². The monoisotopic (exact) mass is 555 g/mol. The zero-order valence-corrected chi connectivity index (χ0v) is 22.0. The molecular weight excluding hydrogens is 534 g/mol. The van der Waals surface area contributed by atoms with Crippen LogP contribution in [0.4, 0.5) is 11.4 Å². The van der Waals surface area contributed by atoms with E-state index in [2.05, 4.69) is 12.4 Å². The van der Waals surface area contributed by atoms with Crippen molar-refractivity contribution in [1.82, 2.24) is 4.90 Å². The van der Waals surface area contributed by atoms with Crippen LogP contribution in [0.3, 0.4) is 0 Å². The number of imide groups is 1. The molecule has 2 aliphatic heterocycles. The Labute approximate surface area is 223 Å². The van der Waals surface area contributed by atoms with E-state index in [0.717, 1.165) is 30.8 Å².